The van der Waals surface area contributed by atoms with Gasteiger partial charge in [0.1, 0.15) is 0 Å². The average Bonchev–Trinajstić information content (AvgIpc) is 3.10. The molecule has 4 aromatic rings. The van der Waals surface area contributed by atoms with Crippen molar-refractivity contribution >= 4 is 34.4 Å². The molecule has 2 aromatic heterocycles. The van der Waals surface area contributed by atoms with Gasteiger partial charge in [0.05, 0.1) is 22.1 Å². The molecule has 2 heterocycles. The number of nitrogens with zero attached hydrogens (tertiary/aromatic N) is 4. The lowest BCUT2D eigenvalue weighted by molar-refractivity contribution is 0.654. The molecular weight excluding hydrogens is 411 g/mol. The van der Waals surface area contributed by atoms with Gasteiger partial charge >= 0.3 is 5.69 Å². The van der Waals surface area contributed by atoms with Crippen molar-refractivity contribution in [2.45, 2.75) is 26.9 Å². The van der Waals surface area contributed by atoms with Gasteiger partial charge in [0, 0.05) is 13.1 Å². The quantitative estimate of drug-likeness (QED) is 0.492. The molecule has 2 aromatic carbocycles. The minimum Gasteiger partial charge on any atom is -0.320 e. The lowest BCUT2D eigenvalue weighted by Crippen LogP contribution is -2.39. The highest BCUT2D eigenvalue weighted by atomic mass is 35.5. The Kier molecular flexibility index (Phi) is 5.06. The summed E-state index contributed by atoms with van der Waals surface area (Å²) in [6.45, 7) is 4.33. The molecule has 0 unspecified atom stereocenters. The number of rotatable bonds is 4. The van der Waals surface area contributed by atoms with Crippen LogP contribution in [0.15, 0.2) is 58.4 Å². The first-order valence-corrected chi connectivity index (χ1v) is 9.88. The molecule has 0 aliphatic rings. The number of hydrogen-bond acceptors (Lipinski definition) is 3. The Balaban J connectivity index is 1.99. The summed E-state index contributed by atoms with van der Waals surface area (Å²) in [4.78, 5) is 30.6. The van der Waals surface area contributed by atoms with E-state index in [1.807, 2.05) is 37.3 Å². The standard InChI is InChI=1S/C21H18Cl2N4O2/c1-3-26-20(28)18-19(27(21(26)29)17-7-5-4-6-13(17)2)24-12-25(18)11-14-8-9-15(22)16(23)10-14/h4-10,12H,3,11H2,1-2H3. The first kappa shape index (κ1) is 19.5. The topological polar surface area (TPSA) is 61.8 Å². The van der Waals surface area contributed by atoms with E-state index in [9.17, 15) is 9.59 Å². The predicted octanol–water partition coefficient (Wildman–Crippen LogP) is 4.03. The highest BCUT2D eigenvalue weighted by Gasteiger charge is 2.19. The van der Waals surface area contributed by atoms with Gasteiger partial charge in [-0.1, -0.05) is 47.5 Å². The second-order valence-corrected chi connectivity index (χ2v) is 7.56. The Hall–Kier alpha value is -2.83. The van der Waals surface area contributed by atoms with Crippen LogP contribution in [-0.4, -0.2) is 18.7 Å². The Bertz CT molecular complexity index is 1350. The third-order valence-corrected chi connectivity index (χ3v) is 5.65. The molecule has 148 valence electrons. The molecular formula is C21H18Cl2N4O2. The lowest BCUT2D eigenvalue weighted by Gasteiger charge is -2.13. The van der Waals surface area contributed by atoms with Crippen molar-refractivity contribution in [1.29, 1.82) is 0 Å². The monoisotopic (exact) mass is 428 g/mol. The van der Waals surface area contributed by atoms with Crippen LogP contribution in [0.1, 0.15) is 18.1 Å². The number of halogens is 2. The number of aryl methyl sites for hydroxylation is 1. The predicted molar refractivity (Wildman–Crippen MR) is 116 cm³/mol. The number of para-hydroxylation sites is 1. The van der Waals surface area contributed by atoms with Gasteiger partial charge in [0.25, 0.3) is 5.56 Å². The molecule has 0 fully saturated rings. The van der Waals surface area contributed by atoms with Crippen molar-refractivity contribution < 1.29 is 0 Å². The van der Waals surface area contributed by atoms with Crippen LogP contribution in [-0.2, 0) is 13.1 Å². The van der Waals surface area contributed by atoms with E-state index in [0.29, 0.717) is 33.4 Å². The van der Waals surface area contributed by atoms with E-state index in [1.165, 1.54) is 9.13 Å². The Labute approximate surface area is 176 Å². The first-order chi connectivity index (χ1) is 13.9. The van der Waals surface area contributed by atoms with Gasteiger partial charge in [-0.05, 0) is 43.2 Å². The van der Waals surface area contributed by atoms with Gasteiger partial charge in [-0.25, -0.2) is 14.3 Å². The highest BCUT2D eigenvalue weighted by Crippen LogP contribution is 2.24. The van der Waals surface area contributed by atoms with Crippen LogP contribution in [0.3, 0.4) is 0 Å². The average molecular weight is 429 g/mol. The van der Waals surface area contributed by atoms with Crippen LogP contribution in [0.2, 0.25) is 10.0 Å². The van der Waals surface area contributed by atoms with Crippen molar-refractivity contribution in [3.63, 3.8) is 0 Å². The first-order valence-electron chi connectivity index (χ1n) is 9.13. The summed E-state index contributed by atoms with van der Waals surface area (Å²) in [5, 5.41) is 0.906. The molecule has 0 aliphatic carbocycles. The maximum Gasteiger partial charge on any atom is 0.337 e. The van der Waals surface area contributed by atoms with Gasteiger partial charge in [0.15, 0.2) is 11.2 Å². The zero-order valence-corrected chi connectivity index (χ0v) is 17.4. The van der Waals surface area contributed by atoms with Gasteiger partial charge < -0.3 is 4.57 Å². The van der Waals surface area contributed by atoms with Crippen molar-refractivity contribution in [2.24, 2.45) is 0 Å². The summed E-state index contributed by atoms with van der Waals surface area (Å²) in [5.74, 6) is 0. The van der Waals surface area contributed by atoms with Crippen molar-refractivity contribution in [3.8, 4) is 5.69 Å². The molecule has 0 saturated carbocycles. The van der Waals surface area contributed by atoms with Gasteiger partial charge in [-0.15, -0.1) is 0 Å². The molecule has 0 N–H and O–H groups in total. The van der Waals surface area contributed by atoms with Crippen LogP contribution < -0.4 is 11.2 Å². The maximum absolute atomic E-state index is 13.1. The van der Waals surface area contributed by atoms with Crippen LogP contribution in [0.25, 0.3) is 16.9 Å². The normalized spacial score (nSPS) is 11.3. The fourth-order valence-corrected chi connectivity index (χ4v) is 3.77. The smallest absolute Gasteiger partial charge is 0.320 e. The zero-order chi connectivity index (χ0) is 20.7. The summed E-state index contributed by atoms with van der Waals surface area (Å²) >= 11 is 12.1. The number of hydrogen-bond donors (Lipinski definition) is 0. The number of aromatic nitrogens is 4. The lowest BCUT2D eigenvalue weighted by atomic mass is 10.2. The second kappa shape index (κ2) is 7.54. The van der Waals surface area contributed by atoms with Crippen LogP contribution in [0.4, 0.5) is 0 Å². The van der Waals surface area contributed by atoms with Crippen molar-refractivity contribution in [3.05, 3.63) is 90.8 Å². The van der Waals surface area contributed by atoms with Crippen LogP contribution >= 0.6 is 23.2 Å². The summed E-state index contributed by atoms with van der Waals surface area (Å²) in [6, 6.07) is 12.8. The summed E-state index contributed by atoms with van der Waals surface area (Å²) < 4.78 is 4.46. The third kappa shape index (κ3) is 3.28. The fraction of sp³-hybridized carbons (Fsp3) is 0.190. The molecule has 0 bridgehead atoms. The van der Waals surface area contributed by atoms with E-state index in [4.69, 9.17) is 23.2 Å². The van der Waals surface area contributed by atoms with Crippen molar-refractivity contribution in [1.82, 2.24) is 18.7 Å². The van der Waals surface area contributed by atoms with Gasteiger partial charge in [-0.2, -0.15) is 0 Å². The number of benzene rings is 2. The Morgan fingerprint density at radius 3 is 2.48 bits per heavy atom. The fourth-order valence-electron chi connectivity index (χ4n) is 3.44. The Morgan fingerprint density at radius 2 is 1.79 bits per heavy atom. The molecule has 29 heavy (non-hydrogen) atoms. The van der Waals surface area contributed by atoms with E-state index >= 15 is 0 Å². The molecule has 6 nitrogen and oxygen atoms in total. The van der Waals surface area contributed by atoms with Gasteiger partial charge in [-0.3, -0.25) is 9.36 Å². The van der Waals surface area contributed by atoms with Crippen LogP contribution in [0.5, 0.6) is 0 Å². The van der Waals surface area contributed by atoms with E-state index in [2.05, 4.69) is 4.98 Å². The maximum atomic E-state index is 13.1. The number of imidazole rings is 1. The Morgan fingerprint density at radius 1 is 1.03 bits per heavy atom. The third-order valence-electron chi connectivity index (χ3n) is 4.91. The molecule has 0 amide bonds. The van der Waals surface area contributed by atoms with E-state index in [-0.39, 0.29) is 12.1 Å². The number of fused-ring (bicyclic) bond motifs is 1. The molecule has 0 atom stereocenters. The summed E-state index contributed by atoms with van der Waals surface area (Å²) in [6.07, 6.45) is 1.57. The van der Waals surface area contributed by atoms with E-state index in [1.54, 1.807) is 30.0 Å². The molecule has 0 saturated heterocycles. The van der Waals surface area contributed by atoms with Crippen molar-refractivity contribution in [2.75, 3.05) is 0 Å². The molecule has 0 spiro atoms. The summed E-state index contributed by atoms with van der Waals surface area (Å²) in [7, 11) is 0. The molecule has 8 heteroatoms. The van der Waals surface area contributed by atoms with Gasteiger partial charge in [0.2, 0.25) is 0 Å². The highest BCUT2D eigenvalue weighted by molar-refractivity contribution is 6.42. The zero-order valence-electron chi connectivity index (χ0n) is 15.9. The minimum atomic E-state index is -0.404. The van der Waals surface area contributed by atoms with E-state index < -0.39 is 5.69 Å². The minimum absolute atomic E-state index is 0.261. The molecule has 4 rings (SSSR count). The van der Waals surface area contributed by atoms with Crippen LogP contribution in [0, 0.1) is 6.92 Å². The summed E-state index contributed by atoms with van der Waals surface area (Å²) in [5.41, 5.74) is 2.41. The SMILES string of the molecule is CCn1c(=O)c2c(ncn2Cc2ccc(Cl)c(Cl)c2)n(-c2ccccc2C)c1=O. The molecule has 0 radical (unpaired) electrons. The second-order valence-electron chi connectivity index (χ2n) is 6.75. The largest absolute Gasteiger partial charge is 0.337 e. The van der Waals surface area contributed by atoms with E-state index in [0.717, 1.165) is 11.1 Å². The molecule has 0 aliphatic heterocycles.